The Kier molecular flexibility index (Phi) is 4.89. The van der Waals surface area contributed by atoms with Crippen molar-refractivity contribution in [3.8, 4) is 0 Å². The molecule has 0 saturated heterocycles. The SMILES string of the molecule is O=C1C=CC2=C(C1)SC(CCNC(=O)c1cccc(C(F)(F)F)c1)N2. The van der Waals surface area contributed by atoms with Gasteiger partial charge in [-0.2, -0.15) is 13.2 Å². The van der Waals surface area contributed by atoms with Crippen LogP contribution in [0.1, 0.15) is 28.8 Å². The average molecular weight is 368 g/mol. The molecule has 2 aliphatic rings. The fraction of sp³-hybridized carbons (Fsp3) is 0.294. The minimum atomic E-state index is -4.48. The van der Waals surface area contributed by atoms with E-state index >= 15 is 0 Å². The Morgan fingerprint density at radius 2 is 2.12 bits per heavy atom. The van der Waals surface area contributed by atoms with Gasteiger partial charge >= 0.3 is 6.18 Å². The maximum atomic E-state index is 12.7. The molecule has 1 aromatic rings. The van der Waals surface area contributed by atoms with E-state index in [1.54, 1.807) is 17.8 Å². The normalized spacial score (nSPS) is 19.6. The van der Waals surface area contributed by atoms with E-state index in [2.05, 4.69) is 10.6 Å². The summed E-state index contributed by atoms with van der Waals surface area (Å²) >= 11 is 1.55. The second kappa shape index (κ2) is 6.95. The maximum absolute atomic E-state index is 12.7. The number of amides is 1. The molecule has 1 aromatic carbocycles. The molecule has 1 atom stereocenters. The highest BCUT2D eigenvalue weighted by atomic mass is 32.2. The summed E-state index contributed by atoms with van der Waals surface area (Å²) in [5.74, 6) is -0.478. The van der Waals surface area contributed by atoms with Crippen LogP contribution < -0.4 is 10.6 Å². The predicted octanol–water partition coefficient (Wildman–Crippen LogP) is 3.23. The van der Waals surface area contributed by atoms with Crippen LogP contribution in [0.2, 0.25) is 0 Å². The van der Waals surface area contributed by atoms with Crippen LogP contribution >= 0.6 is 11.8 Å². The topological polar surface area (TPSA) is 58.2 Å². The van der Waals surface area contributed by atoms with Gasteiger partial charge in [-0.05, 0) is 36.8 Å². The highest BCUT2D eigenvalue weighted by Crippen LogP contribution is 2.36. The number of hydrogen-bond donors (Lipinski definition) is 2. The molecule has 8 heteroatoms. The van der Waals surface area contributed by atoms with E-state index in [4.69, 9.17) is 0 Å². The zero-order chi connectivity index (χ0) is 18.0. The molecule has 1 amide bonds. The van der Waals surface area contributed by atoms with Crippen molar-refractivity contribution >= 4 is 23.5 Å². The predicted molar refractivity (Wildman–Crippen MR) is 88.7 cm³/mol. The molecule has 0 bridgehead atoms. The minimum Gasteiger partial charge on any atom is -0.372 e. The monoisotopic (exact) mass is 368 g/mol. The van der Waals surface area contributed by atoms with Crippen molar-refractivity contribution in [2.75, 3.05) is 6.54 Å². The molecule has 1 heterocycles. The Bertz CT molecular complexity index is 771. The molecule has 4 nitrogen and oxygen atoms in total. The van der Waals surface area contributed by atoms with Gasteiger partial charge in [0.25, 0.3) is 5.91 Å². The number of ketones is 1. The van der Waals surface area contributed by atoms with Crippen LogP contribution in [0.5, 0.6) is 0 Å². The summed E-state index contributed by atoms with van der Waals surface area (Å²) in [5.41, 5.74) is 0.0631. The van der Waals surface area contributed by atoms with Gasteiger partial charge in [0.15, 0.2) is 5.78 Å². The third-order valence-corrected chi connectivity index (χ3v) is 5.10. The number of halogens is 3. The van der Waals surface area contributed by atoms with Crippen LogP contribution in [0.25, 0.3) is 0 Å². The number of carbonyl (C=O) groups is 2. The lowest BCUT2D eigenvalue weighted by atomic mass is 10.1. The lowest BCUT2D eigenvalue weighted by molar-refractivity contribution is -0.137. The summed E-state index contributed by atoms with van der Waals surface area (Å²) in [4.78, 5) is 24.4. The summed E-state index contributed by atoms with van der Waals surface area (Å²) in [6.07, 6.45) is -0.225. The van der Waals surface area contributed by atoms with Crippen molar-refractivity contribution in [3.05, 3.63) is 58.1 Å². The molecule has 2 N–H and O–H groups in total. The van der Waals surface area contributed by atoms with Crippen molar-refractivity contribution < 1.29 is 22.8 Å². The van der Waals surface area contributed by atoms with Crippen molar-refractivity contribution in [3.63, 3.8) is 0 Å². The van der Waals surface area contributed by atoms with Crippen LogP contribution in [-0.4, -0.2) is 23.6 Å². The molecular weight excluding hydrogens is 353 g/mol. The summed E-state index contributed by atoms with van der Waals surface area (Å²) in [7, 11) is 0. The highest BCUT2D eigenvalue weighted by Gasteiger charge is 2.31. The number of benzene rings is 1. The first-order valence-electron chi connectivity index (χ1n) is 7.65. The van der Waals surface area contributed by atoms with Crippen LogP contribution in [-0.2, 0) is 11.0 Å². The molecule has 1 aliphatic carbocycles. The summed E-state index contributed by atoms with van der Waals surface area (Å²) < 4.78 is 38.1. The number of thioether (sulfide) groups is 1. The van der Waals surface area contributed by atoms with Gasteiger partial charge in [-0.1, -0.05) is 6.07 Å². The van der Waals surface area contributed by atoms with E-state index in [1.165, 1.54) is 18.2 Å². The van der Waals surface area contributed by atoms with Gasteiger partial charge in [0.1, 0.15) is 0 Å². The van der Waals surface area contributed by atoms with Crippen LogP contribution in [0, 0.1) is 0 Å². The average Bonchev–Trinajstić information content (AvgIpc) is 2.96. The molecule has 25 heavy (non-hydrogen) atoms. The first-order chi connectivity index (χ1) is 11.8. The van der Waals surface area contributed by atoms with Crippen molar-refractivity contribution in [1.29, 1.82) is 0 Å². The minimum absolute atomic E-state index is 0.0205. The van der Waals surface area contributed by atoms with Crippen LogP contribution in [0.3, 0.4) is 0 Å². The van der Waals surface area contributed by atoms with Crippen LogP contribution in [0.15, 0.2) is 47.0 Å². The van der Waals surface area contributed by atoms with Crippen molar-refractivity contribution in [2.24, 2.45) is 0 Å². The van der Waals surface area contributed by atoms with Gasteiger partial charge in [0, 0.05) is 29.1 Å². The smallest absolute Gasteiger partial charge is 0.372 e. The van der Waals surface area contributed by atoms with Gasteiger partial charge < -0.3 is 10.6 Å². The molecular formula is C17H15F3N2O2S. The third-order valence-electron chi connectivity index (χ3n) is 3.82. The number of carbonyl (C=O) groups excluding carboxylic acids is 2. The van der Waals surface area contributed by atoms with Gasteiger partial charge in [0.2, 0.25) is 0 Å². The lowest BCUT2D eigenvalue weighted by Crippen LogP contribution is -2.30. The van der Waals surface area contributed by atoms with Gasteiger partial charge in [-0.15, -0.1) is 11.8 Å². The molecule has 3 rings (SSSR count). The Hall–Kier alpha value is -2.22. The molecule has 0 radical (unpaired) electrons. The number of nitrogens with one attached hydrogen (secondary N) is 2. The zero-order valence-corrected chi connectivity index (χ0v) is 13.8. The molecule has 0 aromatic heterocycles. The van der Waals surface area contributed by atoms with E-state index in [-0.39, 0.29) is 16.7 Å². The fourth-order valence-corrected chi connectivity index (χ4v) is 3.82. The fourth-order valence-electron chi connectivity index (χ4n) is 2.58. The first kappa shape index (κ1) is 17.6. The molecule has 132 valence electrons. The first-order valence-corrected chi connectivity index (χ1v) is 8.53. The number of rotatable bonds is 4. The summed E-state index contributed by atoms with van der Waals surface area (Å²) in [6.45, 7) is 0.317. The Balaban J connectivity index is 1.49. The molecule has 0 fully saturated rings. The molecule has 0 saturated carbocycles. The molecule has 1 aliphatic heterocycles. The van der Waals surface area contributed by atoms with Gasteiger partial charge in [-0.25, -0.2) is 0 Å². The second-order valence-corrected chi connectivity index (χ2v) is 6.98. The van der Waals surface area contributed by atoms with E-state index in [0.717, 1.165) is 22.7 Å². The highest BCUT2D eigenvalue weighted by molar-refractivity contribution is 8.03. The third kappa shape index (κ3) is 4.25. The number of hydrogen-bond acceptors (Lipinski definition) is 4. The van der Waals surface area contributed by atoms with E-state index < -0.39 is 17.6 Å². The van der Waals surface area contributed by atoms with Crippen LogP contribution in [0.4, 0.5) is 13.2 Å². The zero-order valence-electron chi connectivity index (χ0n) is 13.0. The Morgan fingerprint density at radius 1 is 1.32 bits per heavy atom. The van der Waals surface area contributed by atoms with E-state index in [0.29, 0.717) is 19.4 Å². The lowest BCUT2D eigenvalue weighted by Gasteiger charge is -2.13. The van der Waals surface area contributed by atoms with Gasteiger partial charge in [0.05, 0.1) is 10.9 Å². The summed E-state index contributed by atoms with van der Waals surface area (Å²) in [5, 5.41) is 5.92. The van der Waals surface area contributed by atoms with E-state index in [1.807, 2.05) is 0 Å². The van der Waals surface area contributed by atoms with Crippen molar-refractivity contribution in [2.45, 2.75) is 24.4 Å². The Labute approximate surface area is 146 Å². The van der Waals surface area contributed by atoms with E-state index in [9.17, 15) is 22.8 Å². The largest absolute Gasteiger partial charge is 0.416 e. The summed E-state index contributed by atoms with van der Waals surface area (Å²) in [6, 6.07) is 4.34. The number of alkyl halides is 3. The second-order valence-electron chi connectivity index (χ2n) is 5.69. The number of allylic oxidation sites excluding steroid dienone is 3. The van der Waals surface area contributed by atoms with Crippen molar-refractivity contribution in [1.82, 2.24) is 10.6 Å². The molecule has 1 unspecified atom stereocenters. The standard InChI is InChI=1S/C17H15F3N2O2S/c18-17(19,20)11-3-1-2-10(8-11)16(24)21-7-6-15-22-13-5-4-12(23)9-14(13)25-15/h1-5,8,15,22H,6-7,9H2,(H,21,24). The van der Waals surface area contributed by atoms with Gasteiger partial charge in [-0.3, -0.25) is 9.59 Å². The maximum Gasteiger partial charge on any atom is 0.416 e. The molecule has 0 spiro atoms. The quantitative estimate of drug-likeness (QED) is 0.857. The Morgan fingerprint density at radius 3 is 2.88 bits per heavy atom.